The Kier molecular flexibility index (Phi) is 6.13. The molecule has 2 aromatic carbocycles. The molecule has 0 spiro atoms. The Bertz CT molecular complexity index is 892. The number of aliphatic carboxylic acids is 1. The van der Waals surface area contributed by atoms with E-state index in [0.717, 1.165) is 15.3 Å². The summed E-state index contributed by atoms with van der Waals surface area (Å²) in [7, 11) is 1.98. The van der Waals surface area contributed by atoms with Gasteiger partial charge in [0.15, 0.2) is 16.6 Å². The molecule has 0 aliphatic carbocycles. The van der Waals surface area contributed by atoms with E-state index < -0.39 is 5.97 Å². The summed E-state index contributed by atoms with van der Waals surface area (Å²) in [6.45, 7) is 3.49. The van der Waals surface area contributed by atoms with Gasteiger partial charge in [0, 0.05) is 7.05 Å². The van der Waals surface area contributed by atoms with E-state index in [1.165, 1.54) is 0 Å². The minimum absolute atomic E-state index is 0.0472. The van der Waals surface area contributed by atoms with E-state index in [2.05, 4.69) is 11.1 Å². The molecule has 27 heavy (non-hydrogen) atoms. The highest BCUT2D eigenvalue weighted by atomic mass is 32.1. The maximum atomic E-state index is 10.9. The van der Waals surface area contributed by atoms with Crippen molar-refractivity contribution in [2.24, 2.45) is 0 Å². The highest BCUT2D eigenvalue weighted by molar-refractivity contribution is 7.22. The van der Waals surface area contributed by atoms with Crippen LogP contribution in [0.5, 0.6) is 11.5 Å². The van der Waals surface area contributed by atoms with Crippen molar-refractivity contribution >= 4 is 32.7 Å². The number of anilines is 1. The van der Waals surface area contributed by atoms with Crippen molar-refractivity contribution in [1.82, 2.24) is 4.98 Å². The molecule has 142 valence electrons. The normalized spacial score (nSPS) is 10.7. The Hall–Kier alpha value is -2.80. The van der Waals surface area contributed by atoms with E-state index in [0.29, 0.717) is 36.8 Å². The van der Waals surface area contributed by atoms with Gasteiger partial charge in [-0.25, -0.2) is 4.98 Å². The number of hydrogen-bond acceptors (Lipinski definition) is 6. The van der Waals surface area contributed by atoms with Gasteiger partial charge in [-0.15, -0.1) is 0 Å². The second kappa shape index (κ2) is 8.73. The maximum Gasteiger partial charge on any atom is 0.307 e. The minimum Gasteiger partial charge on any atom is -0.490 e. The highest BCUT2D eigenvalue weighted by Crippen LogP contribution is 2.30. The number of carboxylic acids is 1. The van der Waals surface area contributed by atoms with E-state index in [4.69, 9.17) is 14.6 Å². The average molecular weight is 386 g/mol. The van der Waals surface area contributed by atoms with E-state index in [1.807, 2.05) is 37.1 Å². The summed E-state index contributed by atoms with van der Waals surface area (Å²) in [6.07, 6.45) is -0.0472. The van der Waals surface area contributed by atoms with Gasteiger partial charge in [-0.05, 0) is 36.8 Å². The van der Waals surface area contributed by atoms with Crippen LogP contribution in [-0.4, -0.2) is 42.9 Å². The van der Waals surface area contributed by atoms with Gasteiger partial charge in [0.25, 0.3) is 0 Å². The molecule has 3 rings (SSSR count). The summed E-state index contributed by atoms with van der Waals surface area (Å²) in [6, 6.07) is 13.3. The van der Waals surface area contributed by atoms with Gasteiger partial charge in [0.2, 0.25) is 0 Å². The Morgan fingerprint density at radius 3 is 2.74 bits per heavy atom. The Morgan fingerprint density at radius 1 is 1.19 bits per heavy atom. The molecule has 6 nitrogen and oxygen atoms in total. The lowest BCUT2D eigenvalue weighted by molar-refractivity contribution is -0.136. The summed E-state index contributed by atoms with van der Waals surface area (Å²) in [5, 5.41) is 9.92. The summed E-state index contributed by atoms with van der Waals surface area (Å²) in [5.41, 5.74) is 1.67. The molecule has 3 aromatic rings. The second-order valence-electron chi connectivity index (χ2n) is 6.02. The van der Waals surface area contributed by atoms with Crippen LogP contribution in [0, 0.1) is 0 Å². The SMILES string of the molecule is CCOc1ccc(CC(=O)O)cc1OCCN(C)c1nc2ccccc2s1. The number of carboxylic acid groups (broad SMARTS) is 1. The van der Waals surface area contributed by atoms with Crippen molar-refractivity contribution in [2.75, 3.05) is 31.7 Å². The van der Waals surface area contributed by atoms with Crippen LogP contribution in [0.1, 0.15) is 12.5 Å². The van der Waals surface area contributed by atoms with Crippen LogP contribution < -0.4 is 14.4 Å². The van der Waals surface area contributed by atoms with Gasteiger partial charge in [-0.2, -0.15) is 0 Å². The molecular formula is C20H22N2O4S. The van der Waals surface area contributed by atoms with Crippen molar-refractivity contribution in [1.29, 1.82) is 0 Å². The minimum atomic E-state index is -0.874. The van der Waals surface area contributed by atoms with Gasteiger partial charge >= 0.3 is 5.97 Å². The van der Waals surface area contributed by atoms with Crippen LogP contribution in [0.2, 0.25) is 0 Å². The Labute approximate surface area is 162 Å². The number of ether oxygens (including phenoxy) is 2. The first-order chi connectivity index (χ1) is 13.1. The Morgan fingerprint density at radius 2 is 2.00 bits per heavy atom. The smallest absolute Gasteiger partial charge is 0.307 e. The zero-order chi connectivity index (χ0) is 19.2. The van der Waals surface area contributed by atoms with Crippen molar-refractivity contribution in [3.05, 3.63) is 48.0 Å². The number of likely N-dealkylation sites (N-methyl/N-ethyl adjacent to an activating group) is 1. The second-order valence-corrected chi connectivity index (χ2v) is 7.03. The molecule has 0 aliphatic rings. The summed E-state index contributed by atoms with van der Waals surface area (Å²) < 4.78 is 12.6. The molecule has 7 heteroatoms. The molecule has 0 aliphatic heterocycles. The lowest BCUT2D eigenvalue weighted by Gasteiger charge is -2.17. The number of thiazole rings is 1. The Balaban J connectivity index is 1.65. The first-order valence-corrected chi connectivity index (χ1v) is 9.55. The molecule has 0 saturated carbocycles. The van der Waals surface area contributed by atoms with E-state index in [-0.39, 0.29) is 6.42 Å². The van der Waals surface area contributed by atoms with Gasteiger partial charge in [0.05, 0.1) is 29.8 Å². The number of fused-ring (bicyclic) bond motifs is 1. The van der Waals surface area contributed by atoms with Crippen LogP contribution in [0.15, 0.2) is 42.5 Å². The van der Waals surface area contributed by atoms with Gasteiger partial charge < -0.3 is 19.5 Å². The van der Waals surface area contributed by atoms with Gasteiger partial charge in [0.1, 0.15) is 6.61 Å². The van der Waals surface area contributed by atoms with Crippen LogP contribution in [0.25, 0.3) is 10.2 Å². The molecule has 0 saturated heterocycles. The van der Waals surface area contributed by atoms with Crippen LogP contribution in [-0.2, 0) is 11.2 Å². The fourth-order valence-corrected chi connectivity index (χ4v) is 3.59. The molecule has 0 radical (unpaired) electrons. The third-order valence-corrected chi connectivity index (χ3v) is 5.11. The number of para-hydroxylation sites is 1. The average Bonchev–Trinajstić information content (AvgIpc) is 3.07. The van der Waals surface area contributed by atoms with Crippen molar-refractivity contribution in [3.63, 3.8) is 0 Å². The standard InChI is InChI=1S/C20H22N2O4S/c1-3-25-16-9-8-14(13-19(23)24)12-17(16)26-11-10-22(2)20-21-15-6-4-5-7-18(15)27-20/h4-9,12H,3,10-11,13H2,1-2H3,(H,23,24). The molecule has 0 atom stereocenters. The van der Waals surface area contributed by atoms with Crippen LogP contribution >= 0.6 is 11.3 Å². The largest absolute Gasteiger partial charge is 0.490 e. The molecular weight excluding hydrogens is 364 g/mol. The van der Waals surface area contributed by atoms with Gasteiger partial charge in [-0.1, -0.05) is 29.5 Å². The van der Waals surface area contributed by atoms with E-state index >= 15 is 0 Å². The monoisotopic (exact) mass is 386 g/mol. The number of benzene rings is 2. The third kappa shape index (κ3) is 4.89. The van der Waals surface area contributed by atoms with Crippen LogP contribution in [0.4, 0.5) is 5.13 Å². The summed E-state index contributed by atoms with van der Waals surface area (Å²) in [5.74, 6) is 0.309. The molecule has 1 aromatic heterocycles. The van der Waals surface area contributed by atoms with Crippen molar-refractivity contribution < 1.29 is 19.4 Å². The zero-order valence-corrected chi connectivity index (χ0v) is 16.2. The van der Waals surface area contributed by atoms with Crippen LogP contribution in [0.3, 0.4) is 0 Å². The fraction of sp³-hybridized carbons (Fsp3) is 0.300. The number of carbonyl (C=O) groups is 1. The lowest BCUT2D eigenvalue weighted by atomic mass is 10.1. The van der Waals surface area contributed by atoms with Crippen molar-refractivity contribution in [2.45, 2.75) is 13.3 Å². The number of nitrogens with zero attached hydrogens (tertiary/aromatic N) is 2. The topological polar surface area (TPSA) is 71.9 Å². The number of rotatable bonds is 9. The zero-order valence-electron chi connectivity index (χ0n) is 15.3. The number of hydrogen-bond donors (Lipinski definition) is 1. The third-order valence-electron chi connectivity index (χ3n) is 3.96. The molecule has 0 unspecified atom stereocenters. The molecule has 1 heterocycles. The van der Waals surface area contributed by atoms with Crippen molar-refractivity contribution in [3.8, 4) is 11.5 Å². The lowest BCUT2D eigenvalue weighted by Crippen LogP contribution is -2.23. The highest BCUT2D eigenvalue weighted by Gasteiger charge is 2.11. The summed E-state index contributed by atoms with van der Waals surface area (Å²) >= 11 is 1.64. The molecule has 1 N–H and O–H groups in total. The fourth-order valence-electron chi connectivity index (χ4n) is 2.64. The first-order valence-electron chi connectivity index (χ1n) is 8.74. The molecule has 0 bridgehead atoms. The number of aromatic nitrogens is 1. The van der Waals surface area contributed by atoms with Gasteiger partial charge in [-0.3, -0.25) is 4.79 Å². The quantitative estimate of drug-likeness (QED) is 0.602. The van der Waals surface area contributed by atoms with E-state index in [1.54, 1.807) is 29.5 Å². The van der Waals surface area contributed by atoms with E-state index in [9.17, 15) is 4.79 Å². The molecule has 0 fully saturated rings. The predicted molar refractivity (Wildman–Crippen MR) is 107 cm³/mol. The maximum absolute atomic E-state index is 10.9. The predicted octanol–water partition coefficient (Wildman–Crippen LogP) is 3.84. The first kappa shape index (κ1) is 19.0. The molecule has 0 amide bonds. The summed E-state index contributed by atoms with van der Waals surface area (Å²) in [4.78, 5) is 17.6.